The second-order valence-electron chi connectivity index (χ2n) is 6.36. The first-order valence-corrected chi connectivity index (χ1v) is 8.34. The van der Waals surface area contributed by atoms with Gasteiger partial charge in [-0.05, 0) is 13.8 Å². The normalized spacial score (nSPS) is 14.4. The van der Waals surface area contributed by atoms with Crippen molar-refractivity contribution in [3.63, 3.8) is 0 Å². The lowest BCUT2D eigenvalue weighted by atomic mass is 9.98. The lowest BCUT2D eigenvalue weighted by Crippen LogP contribution is -2.27. The predicted molar refractivity (Wildman–Crippen MR) is 99.6 cm³/mol. The van der Waals surface area contributed by atoms with E-state index < -0.39 is 0 Å². The van der Waals surface area contributed by atoms with Gasteiger partial charge in [-0.2, -0.15) is 0 Å². The van der Waals surface area contributed by atoms with Crippen LogP contribution < -0.4 is 5.73 Å². The van der Waals surface area contributed by atoms with Gasteiger partial charge >= 0.3 is 0 Å². The molecule has 0 saturated heterocycles. The number of nitrogens with zero attached hydrogens (tertiary/aromatic N) is 5. The lowest BCUT2D eigenvalue weighted by Gasteiger charge is -2.27. The van der Waals surface area contributed by atoms with Crippen LogP contribution in [0.2, 0.25) is 0 Å². The van der Waals surface area contributed by atoms with Crippen LogP contribution in [-0.4, -0.2) is 37.1 Å². The second-order valence-corrected chi connectivity index (χ2v) is 6.36. The van der Waals surface area contributed by atoms with Crippen molar-refractivity contribution in [2.24, 2.45) is 0 Å². The van der Waals surface area contributed by atoms with E-state index in [9.17, 15) is 0 Å². The van der Waals surface area contributed by atoms with Gasteiger partial charge in [-0.15, -0.1) is 10.2 Å². The molecule has 0 unspecified atom stereocenters. The zero-order valence-electron chi connectivity index (χ0n) is 14.3. The Morgan fingerprint density at radius 2 is 1.96 bits per heavy atom. The maximum Gasteiger partial charge on any atom is 0.207 e. The second kappa shape index (κ2) is 6.05. The molecule has 2 aromatic heterocycles. The van der Waals surface area contributed by atoms with Crippen molar-refractivity contribution in [1.82, 2.24) is 24.5 Å². The fraction of sp³-hybridized carbons (Fsp3) is 0.211. The number of hydrogen-bond acceptors (Lipinski definition) is 5. The fourth-order valence-electron chi connectivity index (χ4n) is 3.06. The highest BCUT2D eigenvalue weighted by Crippen LogP contribution is 2.33. The summed E-state index contributed by atoms with van der Waals surface area (Å²) in [6, 6.07) is 10.5. The zero-order chi connectivity index (χ0) is 17.4. The van der Waals surface area contributed by atoms with Crippen molar-refractivity contribution >= 4 is 17.2 Å². The molecule has 0 amide bonds. The van der Waals surface area contributed by atoms with Gasteiger partial charge in [-0.1, -0.05) is 42.5 Å². The predicted octanol–water partition coefficient (Wildman–Crippen LogP) is 2.99. The van der Waals surface area contributed by atoms with Gasteiger partial charge in [-0.3, -0.25) is 4.40 Å². The largest absolute Gasteiger partial charge is 0.371 e. The van der Waals surface area contributed by atoms with Crippen LogP contribution in [0, 0.1) is 0 Å². The Balaban J connectivity index is 2.00. The standard InChI is InChI=1S/C19H20N6/c1-13(2)24-10-6-9-15(11-24)16-17(14-7-4-3-5-8-14)22-19(20)25-12-21-23-18(16)25/h3-9,11-13H,10H2,1-2H3,(H2,20,22). The molecule has 1 aliphatic heterocycles. The van der Waals surface area contributed by atoms with Crippen LogP contribution in [0.4, 0.5) is 5.95 Å². The highest BCUT2D eigenvalue weighted by molar-refractivity contribution is 5.91. The van der Waals surface area contributed by atoms with Gasteiger partial charge in [-0.25, -0.2) is 4.98 Å². The molecule has 0 radical (unpaired) electrons. The van der Waals surface area contributed by atoms with Crippen molar-refractivity contribution < 1.29 is 0 Å². The number of allylic oxidation sites excluding steroid dienone is 2. The molecule has 1 aromatic carbocycles. The van der Waals surface area contributed by atoms with Gasteiger partial charge in [0, 0.05) is 29.9 Å². The Labute approximate surface area is 146 Å². The van der Waals surface area contributed by atoms with Crippen LogP contribution in [0.1, 0.15) is 19.4 Å². The summed E-state index contributed by atoms with van der Waals surface area (Å²) in [5.41, 5.74) is 10.7. The maximum absolute atomic E-state index is 6.14. The fourth-order valence-corrected chi connectivity index (χ4v) is 3.06. The van der Waals surface area contributed by atoms with Crippen LogP contribution in [-0.2, 0) is 0 Å². The number of anilines is 1. The van der Waals surface area contributed by atoms with Crippen molar-refractivity contribution in [1.29, 1.82) is 0 Å². The third-order valence-electron chi connectivity index (χ3n) is 4.40. The maximum atomic E-state index is 6.14. The van der Waals surface area contributed by atoms with Crippen LogP contribution in [0.3, 0.4) is 0 Å². The molecule has 6 nitrogen and oxygen atoms in total. The van der Waals surface area contributed by atoms with E-state index in [-0.39, 0.29) is 0 Å². The van der Waals surface area contributed by atoms with Gasteiger partial charge in [0.1, 0.15) is 6.33 Å². The number of nitrogens with two attached hydrogens (primary N) is 1. The average Bonchev–Trinajstić information content (AvgIpc) is 3.12. The minimum Gasteiger partial charge on any atom is -0.371 e. The molecule has 0 saturated carbocycles. The van der Waals surface area contributed by atoms with Crippen molar-refractivity contribution in [2.45, 2.75) is 19.9 Å². The SMILES string of the molecule is CC(C)N1C=C(c2c(-c3ccccc3)nc(N)n3cnnc23)C=CC1. The molecule has 0 aliphatic carbocycles. The summed E-state index contributed by atoms with van der Waals surface area (Å²) in [5.74, 6) is 0.378. The number of hydrogen-bond donors (Lipinski definition) is 1. The number of fused-ring (bicyclic) bond motifs is 1. The van der Waals surface area contributed by atoms with Crippen molar-refractivity contribution in [3.8, 4) is 11.3 Å². The monoisotopic (exact) mass is 332 g/mol. The molecule has 0 bridgehead atoms. The Hall–Kier alpha value is -3.15. The van der Waals surface area contributed by atoms with Gasteiger partial charge in [0.05, 0.1) is 11.3 Å². The first-order chi connectivity index (χ1) is 12.1. The Morgan fingerprint density at radius 1 is 1.16 bits per heavy atom. The molecule has 6 heteroatoms. The molecule has 3 aromatic rings. The number of nitrogen functional groups attached to an aromatic ring is 1. The van der Waals surface area contributed by atoms with E-state index in [1.165, 1.54) is 0 Å². The molecule has 1 aliphatic rings. The van der Waals surface area contributed by atoms with Crippen LogP contribution in [0.15, 0.2) is 55.0 Å². The molecule has 25 heavy (non-hydrogen) atoms. The van der Waals surface area contributed by atoms with Gasteiger partial charge in [0.25, 0.3) is 0 Å². The van der Waals surface area contributed by atoms with E-state index >= 15 is 0 Å². The molecule has 0 spiro atoms. The Bertz CT molecular complexity index is 968. The summed E-state index contributed by atoms with van der Waals surface area (Å²) >= 11 is 0. The number of benzene rings is 1. The van der Waals surface area contributed by atoms with E-state index in [1.807, 2.05) is 30.3 Å². The topological polar surface area (TPSA) is 72.3 Å². The lowest BCUT2D eigenvalue weighted by molar-refractivity contribution is 0.341. The molecular formula is C19H20N6. The Morgan fingerprint density at radius 3 is 2.72 bits per heavy atom. The molecule has 126 valence electrons. The van der Waals surface area contributed by atoms with Crippen molar-refractivity contribution in [2.75, 3.05) is 12.3 Å². The molecule has 0 atom stereocenters. The zero-order valence-corrected chi connectivity index (χ0v) is 14.3. The summed E-state index contributed by atoms with van der Waals surface area (Å²) in [4.78, 5) is 6.94. The molecule has 0 fully saturated rings. The van der Waals surface area contributed by atoms with E-state index in [0.29, 0.717) is 17.6 Å². The summed E-state index contributed by atoms with van der Waals surface area (Å²) in [6.07, 6.45) is 8.04. The van der Waals surface area contributed by atoms with E-state index in [4.69, 9.17) is 5.73 Å². The minimum absolute atomic E-state index is 0.378. The average molecular weight is 332 g/mol. The highest BCUT2D eigenvalue weighted by Gasteiger charge is 2.20. The van der Waals surface area contributed by atoms with E-state index in [1.54, 1.807) is 10.7 Å². The molecule has 2 N–H and O–H groups in total. The summed E-state index contributed by atoms with van der Waals surface area (Å²) < 4.78 is 1.73. The van der Waals surface area contributed by atoms with Crippen LogP contribution >= 0.6 is 0 Å². The first kappa shape index (κ1) is 15.4. The quantitative estimate of drug-likeness (QED) is 0.798. The molecule has 4 rings (SSSR count). The van der Waals surface area contributed by atoms with Crippen LogP contribution in [0.25, 0.3) is 22.5 Å². The first-order valence-electron chi connectivity index (χ1n) is 8.34. The summed E-state index contributed by atoms with van der Waals surface area (Å²) in [6.45, 7) is 5.26. The number of rotatable bonds is 3. The molecular weight excluding hydrogens is 312 g/mol. The van der Waals surface area contributed by atoms with Crippen molar-refractivity contribution in [3.05, 3.63) is 60.6 Å². The van der Waals surface area contributed by atoms with Gasteiger partial charge in [0.15, 0.2) is 5.65 Å². The summed E-state index contributed by atoms with van der Waals surface area (Å²) in [5, 5.41) is 8.35. The smallest absolute Gasteiger partial charge is 0.207 e. The van der Waals surface area contributed by atoms with E-state index in [0.717, 1.165) is 28.9 Å². The third-order valence-corrected chi connectivity index (χ3v) is 4.40. The minimum atomic E-state index is 0.378. The molecule has 3 heterocycles. The third kappa shape index (κ3) is 2.65. The van der Waals surface area contributed by atoms with E-state index in [2.05, 4.69) is 52.3 Å². The van der Waals surface area contributed by atoms with Crippen LogP contribution in [0.5, 0.6) is 0 Å². The summed E-state index contributed by atoms with van der Waals surface area (Å²) in [7, 11) is 0. The van der Waals surface area contributed by atoms with Gasteiger partial charge in [0.2, 0.25) is 5.95 Å². The highest BCUT2D eigenvalue weighted by atomic mass is 15.3. The number of aromatic nitrogens is 4. The van der Waals surface area contributed by atoms with Gasteiger partial charge < -0.3 is 10.6 Å². The Kier molecular flexibility index (Phi) is 3.72.